The maximum Gasteiger partial charge on any atom is 0.0174 e. The maximum absolute atomic E-state index is 3.81. The summed E-state index contributed by atoms with van der Waals surface area (Å²) >= 11 is 3.81. The first-order chi connectivity index (χ1) is 8.75. The molecule has 18 heavy (non-hydrogen) atoms. The molecule has 2 aromatic rings. The van der Waals surface area contributed by atoms with Gasteiger partial charge in [0.1, 0.15) is 0 Å². The third kappa shape index (κ3) is 2.21. The van der Waals surface area contributed by atoms with Gasteiger partial charge in [-0.2, -0.15) is 0 Å². The summed E-state index contributed by atoms with van der Waals surface area (Å²) in [4.78, 5) is 0.720. The average Bonchev–Trinajstić information content (AvgIpc) is 2.71. The van der Waals surface area contributed by atoms with Crippen molar-refractivity contribution in [3.63, 3.8) is 0 Å². The number of fused-ring (bicyclic) bond motifs is 1. The summed E-state index contributed by atoms with van der Waals surface area (Å²) < 4.78 is 0. The molecule has 0 spiro atoms. The molecule has 1 aliphatic carbocycles. The van der Waals surface area contributed by atoms with Crippen molar-refractivity contribution in [1.82, 2.24) is 0 Å². The van der Waals surface area contributed by atoms with Gasteiger partial charge in [-0.1, -0.05) is 65.3 Å². The summed E-state index contributed by atoms with van der Waals surface area (Å²) in [6, 6.07) is 15.5. The Labute approximate surface area is 118 Å². The zero-order valence-electron chi connectivity index (χ0n) is 10.8. The summed E-state index contributed by atoms with van der Waals surface area (Å²) in [7, 11) is 0. The molecule has 3 atom stereocenters. The van der Waals surface area contributed by atoms with Gasteiger partial charge in [0.25, 0.3) is 0 Å². The van der Waals surface area contributed by atoms with Crippen LogP contribution < -0.4 is 0 Å². The molecule has 0 amide bonds. The maximum atomic E-state index is 3.81. The van der Waals surface area contributed by atoms with E-state index < -0.39 is 0 Å². The molecule has 94 valence electrons. The van der Waals surface area contributed by atoms with Crippen LogP contribution in [-0.4, -0.2) is 4.83 Å². The summed E-state index contributed by atoms with van der Waals surface area (Å²) in [5.74, 6) is 1.63. The lowest BCUT2D eigenvalue weighted by atomic mass is 9.89. The van der Waals surface area contributed by atoms with E-state index in [1.165, 1.54) is 35.6 Å². The van der Waals surface area contributed by atoms with Crippen molar-refractivity contribution in [1.29, 1.82) is 0 Å². The van der Waals surface area contributed by atoms with Gasteiger partial charge < -0.3 is 0 Å². The molecule has 0 heterocycles. The predicted molar refractivity (Wildman–Crippen MR) is 82.3 cm³/mol. The van der Waals surface area contributed by atoms with Crippen molar-refractivity contribution in [3.05, 3.63) is 48.0 Å². The molecular formula is C17H19Br. The average molecular weight is 303 g/mol. The van der Waals surface area contributed by atoms with Gasteiger partial charge in [-0.3, -0.25) is 0 Å². The lowest BCUT2D eigenvalue weighted by Crippen LogP contribution is -2.13. The van der Waals surface area contributed by atoms with E-state index in [9.17, 15) is 0 Å². The first kappa shape index (κ1) is 12.2. The van der Waals surface area contributed by atoms with E-state index in [0.717, 1.165) is 16.7 Å². The van der Waals surface area contributed by atoms with Crippen LogP contribution in [0.15, 0.2) is 42.5 Å². The molecule has 1 aliphatic rings. The summed E-state index contributed by atoms with van der Waals surface area (Å²) in [5, 5.41) is 2.81. The fourth-order valence-electron chi connectivity index (χ4n) is 3.24. The topological polar surface area (TPSA) is 0 Å². The highest BCUT2D eigenvalue weighted by Gasteiger charge is 2.30. The van der Waals surface area contributed by atoms with E-state index in [0.29, 0.717) is 0 Å². The standard InChI is InChI=1S/C17H19Br/c1-12-14(9-10-17(12)18)11-15-7-4-6-13-5-2-3-8-16(13)15/h2-8,12,14,17H,9-11H2,1H3. The molecular weight excluding hydrogens is 284 g/mol. The van der Waals surface area contributed by atoms with Crippen LogP contribution in [0.2, 0.25) is 0 Å². The Morgan fingerprint density at radius 1 is 1.06 bits per heavy atom. The molecule has 1 heteroatoms. The van der Waals surface area contributed by atoms with Crippen molar-refractivity contribution in [2.45, 2.75) is 31.0 Å². The normalized spacial score (nSPS) is 27.8. The summed E-state index contributed by atoms with van der Waals surface area (Å²) in [6.07, 6.45) is 3.92. The molecule has 3 rings (SSSR count). The Hall–Kier alpha value is -0.820. The SMILES string of the molecule is CC1C(Br)CCC1Cc1cccc2ccccc12. The quantitative estimate of drug-likeness (QED) is 0.670. The first-order valence-electron chi connectivity index (χ1n) is 6.86. The number of hydrogen-bond acceptors (Lipinski definition) is 0. The van der Waals surface area contributed by atoms with Crippen LogP contribution in [0.3, 0.4) is 0 Å². The minimum atomic E-state index is 0.720. The lowest BCUT2D eigenvalue weighted by Gasteiger charge is -2.18. The summed E-state index contributed by atoms with van der Waals surface area (Å²) in [5.41, 5.74) is 1.52. The van der Waals surface area contributed by atoms with Crippen molar-refractivity contribution in [2.75, 3.05) is 0 Å². The van der Waals surface area contributed by atoms with Crippen LogP contribution in [-0.2, 0) is 6.42 Å². The third-order valence-electron chi connectivity index (χ3n) is 4.49. The Kier molecular flexibility index (Phi) is 3.43. The molecule has 1 saturated carbocycles. The van der Waals surface area contributed by atoms with Crippen LogP contribution in [0.4, 0.5) is 0 Å². The zero-order chi connectivity index (χ0) is 12.5. The molecule has 0 aromatic heterocycles. The molecule has 0 saturated heterocycles. The minimum absolute atomic E-state index is 0.720. The lowest BCUT2D eigenvalue weighted by molar-refractivity contribution is 0.424. The van der Waals surface area contributed by atoms with E-state index >= 15 is 0 Å². The molecule has 0 N–H and O–H groups in total. The predicted octanol–water partition coefficient (Wildman–Crippen LogP) is 5.19. The Bertz CT molecular complexity index is 541. The van der Waals surface area contributed by atoms with Gasteiger partial charge in [-0.05, 0) is 47.4 Å². The highest BCUT2D eigenvalue weighted by molar-refractivity contribution is 9.09. The Morgan fingerprint density at radius 2 is 1.83 bits per heavy atom. The number of benzene rings is 2. The minimum Gasteiger partial charge on any atom is -0.0888 e. The number of rotatable bonds is 2. The van der Waals surface area contributed by atoms with E-state index in [2.05, 4.69) is 65.3 Å². The second-order valence-corrected chi connectivity index (χ2v) is 6.73. The fraction of sp³-hybridized carbons (Fsp3) is 0.412. The highest BCUT2D eigenvalue weighted by atomic mass is 79.9. The largest absolute Gasteiger partial charge is 0.0888 e. The summed E-state index contributed by atoms with van der Waals surface area (Å²) in [6.45, 7) is 2.39. The van der Waals surface area contributed by atoms with E-state index in [-0.39, 0.29) is 0 Å². The van der Waals surface area contributed by atoms with Crippen LogP contribution in [0.1, 0.15) is 25.3 Å². The van der Waals surface area contributed by atoms with Gasteiger partial charge >= 0.3 is 0 Å². The van der Waals surface area contributed by atoms with Gasteiger partial charge in [0.15, 0.2) is 0 Å². The van der Waals surface area contributed by atoms with Crippen molar-refractivity contribution < 1.29 is 0 Å². The van der Waals surface area contributed by atoms with Crippen LogP contribution in [0.25, 0.3) is 10.8 Å². The smallest absolute Gasteiger partial charge is 0.0174 e. The van der Waals surface area contributed by atoms with E-state index in [1.54, 1.807) is 0 Å². The van der Waals surface area contributed by atoms with Crippen molar-refractivity contribution >= 4 is 26.7 Å². The molecule has 0 aliphatic heterocycles. The van der Waals surface area contributed by atoms with E-state index in [4.69, 9.17) is 0 Å². The monoisotopic (exact) mass is 302 g/mol. The molecule has 1 fully saturated rings. The van der Waals surface area contributed by atoms with Gasteiger partial charge in [0.05, 0.1) is 0 Å². The van der Waals surface area contributed by atoms with Gasteiger partial charge in [-0.25, -0.2) is 0 Å². The number of hydrogen-bond donors (Lipinski definition) is 0. The fourth-order valence-corrected chi connectivity index (χ4v) is 3.93. The van der Waals surface area contributed by atoms with Crippen molar-refractivity contribution in [2.24, 2.45) is 11.8 Å². The van der Waals surface area contributed by atoms with Gasteiger partial charge in [-0.15, -0.1) is 0 Å². The first-order valence-corrected chi connectivity index (χ1v) is 7.78. The van der Waals surface area contributed by atoms with Gasteiger partial charge in [0, 0.05) is 4.83 Å². The molecule has 2 aromatic carbocycles. The number of alkyl halides is 1. The molecule has 0 radical (unpaired) electrons. The van der Waals surface area contributed by atoms with Crippen molar-refractivity contribution in [3.8, 4) is 0 Å². The van der Waals surface area contributed by atoms with Gasteiger partial charge in [0.2, 0.25) is 0 Å². The van der Waals surface area contributed by atoms with Crippen LogP contribution in [0, 0.1) is 11.8 Å². The zero-order valence-corrected chi connectivity index (χ0v) is 12.4. The Morgan fingerprint density at radius 3 is 2.61 bits per heavy atom. The molecule has 0 bridgehead atoms. The molecule has 0 nitrogen and oxygen atoms in total. The van der Waals surface area contributed by atoms with Crippen LogP contribution >= 0.6 is 15.9 Å². The second kappa shape index (κ2) is 5.05. The highest BCUT2D eigenvalue weighted by Crippen LogP contribution is 2.39. The van der Waals surface area contributed by atoms with E-state index in [1.807, 2.05) is 0 Å². The second-order valence-electron chi connectivity index (χ2n) is 5.55. The number of halogens is 1. The van der Waals surface area contributed by atoms with Crippen LogP contribution in [0.5, 0.6) is 0 Å². The Balaban J connectivity index is 1.91. The third-order valence-corrected chi connectivity index (χ3v) is 5.78. The molecule has 3 unspecified atom stereocenters.